The normalized spacial score (nSPS) is 13.2. The summed E-state index contributed by atoms with van der Waals surface area (Å²) in [6, 6.07) is 16.5. The Morgan fingerprint density at radius 1 is 1.00 bits per heavy atom. The molecule has 0 spiro atoms. The fraction of sp³-hybridized carbons (Fsp3) is 0.429. The van der Waals surface area contributed by atoms with Crippen molar-refractivity contribution in [2.45, 2.75) is 73.1 Å². The summed E-state index contributed by atoms with van der Waals surface area (Å²) in [5, 5.41) is 13.9. The monoisotopic (exact) mass is 472 g/mol. The van der Waals surface area contributed by atoms with Crippen molar-refractivity contribution in [1.82, 2.24) is 30.1 Å². The molecule has 0 saturated carbocycles. The minimum atomic E-state index is -0.264. The number of fused-ring (bicyclic) bond motifs is 1. The molecule has 0 aliphatic rings. The summed E-state index contributed by atoms with van der Waals surface area (Å²) < 4.78 is 1.91. The van der Waals surface area contributed by atoms with Gasteiger partial charge in [0, 0.05) is 24.2 Å². The van der Waals surface area contributed by atoms with Gasteiger partial charge in [0.2, 0.25) is 0 Å². The van der Waals surface area contributed by atoms with Crippen molar-refractivity contribution in [3.05, 3.63) is 87.0 Å². The van der Waals surface area contributed by atoms with E-state index in [9.17, 15) is 4.79 Å². The Hall–Kier alpha value is -3.32. The molecule has 4 rings (SSSR count). The molecule has 0 bridgehead atoms. The van der Waals surface area contributed by atoms with Gasteiger partial charge in [-0.15, -0.1) is 5.10 Å². The molecule has 2 heterocycles. The number of aromatic amines is 1. The van der Waals surface area contributed by atoms with Gasteiger partial charge in [-0.3, -0.25) is 9.69 Å². The lowest BCUT2D eigenvalue weighted by Crippen LogP contribution is -2.37. The van der Waals surface area contributed by atoms with Crippen molar-refractivity contribution in [2.75, 3.05) is 0 Å². The quantitative estimate of drug-likeness (QED) is 0.396. The predicted octanol–water partition coefficient (Wildman–Crippen LogP) is 5.29. The van der Waals surface area contributed by atoms with Gasteiger partial charge in [-0.25, -0.2) is 4.68 Å². The molecule has 0 saturated heterocycles. The topological polar surface area (TPSA) is 79.7 Å². The van der Waals surface area contributed by atoms with Gasteiger partial charge in [0.25, 0.3) is 5.56 Å². The van der Waals surface area contributed by atoms with Crippen LogP contribution in [0.25, 0.3) is 10.9 Å². The molecule has 7 heteroatoms. The van der Waals surface area contributed by atoms with Crippen LogP contribution in [0.1, 0.15) is 68.7 Å². The summed E-state index contributed by atoms with van der Waals surface area (Å²) in [5.41, 5.74) is 4.83. The standard InChI is InChI=1S/C28H36N6O/c1-18(2)25(26-30-31-32-34(26)28(5,6)7)33(16-21-11-9-8-10-12-21)17-23-15-22-13-19(3)20(4)14-24(22)29-27(23)35/h8-15,18,25H,16-17H2,1-7H3,(H,29,35)/t25-/m1/s1. The number of nitrogens with zero attached hydrogens (tertiary/aromatic N) is 5. The van der Waals surface area contributed by atoms with Crippen LogP contribution in [0.3, 0.4) is 0 Å². The number of hydrogen-bond acceptors (Lipinski definition) is 5. The van der Waals surface area contributed by atoms with Gasteiger partial charge in [-0.1, -0.05) is 44.2 Å². The van der Waals surface area contributed by atoms with E-state index in [4.69, 9.17) is 0 Å². The van der Waals surface area contributed by atoms with Gasteiger partial charge in [0.05, 0.1) is 11.6 Å². The fourth-order valence-corrected chi connectivity index (χ4v) is 4.67. The highest BCUT2D eigenvalue weighted by Crippen LogP contribution is 2.32. The third-order valence-electron chi connectivity index (χ3n) is 6.56. The van der Waals surface area contributed by atoms with E-state index in [0.717, 1.165) is 22.3 Å². The summed E-state index contributed by atoms with van der Waals surface area (Å²) in [6.07, 6.45) is 0. The molecule has 1 atom stereocenters. The first-order chi connectivity index (χ1) is 16.5. The molecule has 0 amide bonds. The average molecular weight is 473 g/mol. The first-order valence-electron chi connectivity index (χ1n) is 12.2. The summed E-state index contributed by atoms with van der Waals surface area (Å²) >= 11 is 0. The number of H-pyrrole nitrogens is 1. The molecule has 35 heavy (non-hydrogen) atoms. The Kier molecular flexibility index (Phi) is 6.90. The number of rotatable bonds is 7. The maximum atomic E-state index is 13.2. The molecule has 0 aliphatic carbocycles. The first-order valence-corrected chi connectivity index (χ1v) is 12.2. The van der Waals surface area contributed by atoms with Crippen LogP contribution in [-0.2, 0) is 18.6 Å². The summed E-state index contributed by atoms with van der Waals surface area (Å²) in [7, 11) is 0. The molecule has 0 radical (unpaired) electrons. The van der Waals surface area contributed by atoms with Crippen molar-refractivity contribution in [3.8, 4) is 0 Å². The Labute approximate surface area is 207 Å². The lowest BCUT2D eigenvalue weighted by molar-refractivity contribution is 0.120. The van der Waals surface area contributed by atoms with Crippen molar-refractivity contribution < 1.29 is 0 Å². The van der Waals surface area contributed by atoms with Crippen LogP contribution < -0.4 is 5.56 Å². The zero-order chi connectivity index (χ0) is 25.3. The molecular formula is C28H36N6O. The number of aromatic nitrogens is 5. The van der Waals surface area contributed by atoms with Gasteiger partial charge in [-0.05, 0) is 91.2 Å². The second-order valence-electron chi connectivity index (χ2n) is 10.8. The third kappa shape index (κ3) is 5.35. The van der Waals surface area contributed by atoms with Crippen molar-refractivity contribution in [2.24, 2.45) is 5.92 Å². The largest absolute Gasteiger partial charge is 0.322 e. The zero-order valence-electron chi connectivity index (χ0n) is 21.8. The van der Waals surface area contributed by atoms with E-state index in [-0.39, 0.29) is 23.1 Å². The summed E-state index contributed by atoms with van der Waals surface area (Å²) in [4.78, 5) is 18.6. The Morgan fingerprint density at radius 2 is 1.69 bits per heavy atom. The van der Waals surface area contributed by atoms with Crippen LogP contribution in [0, 0.1) is 19.8 Å². The predicted molar refractivity (Wildman–Crippen MR) is 140 cm³/mol. The molecular weight excluding hydrogens is 436 g/mol. The molecule has 2 aromatic carbocycles. The van der Waals surface area contributed by atoms with Crippen LogP contribution in [0.5, 0.6) is 0 Å². The number of tetrazole rings is 1. The molecule has 2 aromatic heterocycles. The molecule has 7 nitrogen and oxygen atoms in total. The van der Waals surface area contributed by atoms with E-state index in [1.54, 1.807) is 0 Å². The number of hydrogen-bond donors (Lipinski definition) is 1. The first kappa shape index (κ1) is 24.8. The van der Waals surface area contributed by atoms with E-state index >= 15 is 0 Å². The molecule has 184 valence electrons. The van der Waals surface area contributed by atoms with Crippen molar-refractivity contribution >= 4 is 10.9 Å². The van der Waals surface area contributed by atoms with Gasteiger partial charge < -0.3 is 4.98 Å². The lowest BCUT2D eigenvalue weighted by atomic mass is 9.98. The lowest BCUT2D eigenvalue weighted by Gasteiger charge is -2.35. The molecule has 0 aliphatic heterocycles. The molecule has 0 fully saturated rings. The van der Waals surface area contributed by atoms with E-state index < -0.39 is 0 Å². The molecule has 4 aromatic rings. The minimum absolute atomic E-state index is 0.0586. The smallest absolute Gasteiger partial charge is 0.252 e. The number of benzene rings is 2. The molecule has 1 N–H and O–H groups in total. The van der Waals surface area contributed by atoms with Crippen molar-refractivity contribution in [1.29, 1.82) is 0 Å². The summed E-state index contributed by atoms with van der Waals surface area (Å²) in [5.74, 6) is 1.03. The molecule has 0 unspecified atom stereocenters. The second kappa shape index (κ2) is 9.74. The highest BCUT2D eigenvalue weighted by atomic mass is 16.1. The Morgan fingerprint density at radius 3 is 2.34 bits per heavy atom. The minimum Gasteiger partial charge on any atom is -0.322 e. The average Bonchev–Trinajstić information content (AvgIpc) is 3.26. The Balaban J connectivity index is 1.81. The van der Waals surface area contributed by atoms with E-state index in [1.807, 2.05) is 35.0 Å². The van der Waals surface area contributed by atoms with E-state index in [2.05, 4.69) is 92.1 Å². The maximum absolute atomic E-state index is 13.2. The highest BCUT2D eigenvalue weighted by Gasteiger charge is 2.32. The van der Waals surface area contributed by atoms with Gasteiger partial charge >= 0.3 is 0 Å². The maximum Gasteiger partial charge on any atom is 0.252 e. The highest BCUT2D eigenvalue weighted by molar-refractivity contribution is 5.80. The number of pyridine rings is 1. The van der Waals surface area contributed by atoms with Gasteiger partial charge in [0.15, 0.2) is 5.82 Å². The van der Waals surface area contributed by atoms with Gasteiger partial charge in [-0.2, -0.15) is 0 Å². The SMILES string of the molecule is Cc1cc2cc(CN(Cc3ccccc3)[C@@H](c3nnnn3C(C)(C)C)C(C)C)c(=O)[nH]c2cc1C. The van der Waals surface area contributed by atoms with Crippen LogP contribution in [0.2, 0.25) is 0 Å². The van der Waals surface area contributed by atoms with Crippen LogP contribution in [0.15, 0.2) is 53.3 Å². The Bertz CT molecular complexity index is 1360. The van der Waals surface area contributed by atoms with Crippen LogP contribution in [0.4, 0.5) is 0 Å². The van der Waals surface area contributed by atoms with Gasteiger partial charge in [0.1, 0.15) is 0 Å². The van der Waals surface area contributed by atoms with Crippen LogP contribution >= 0.6 is 0 Å². The second-order valence-corrected chi connectivity index (χ2v) is 10.8. The number of aryl methyl sites for hydroxylation is 2. The van der Waals surface area contributed by atoms with E-state index in [0.29, 0.717) is 13.1 Å². The van der Waals surface area contributed by atoms with Crippen LogP contribution in [-0.4, -0.2) is 30.1 Å². The zero-order valence-corrected chi connectivity index (χ0v) is 21.8. The summed E-state index contributed by atoms with van der Waals surface area (Å²) in [6.45, 7) is 16.0. The fourth-order valence-electron chi connectivity index (χ4n) is 4.67. The number of nitrogens with one attached hydrogen (secondary N) is 1. The van der Waals surface area contributed by atoms with Crippen molar-refractivity contribution in [3.63, 3.8) is 0 Å². The van der Waals surface area contributed by atoms with E-state index in [1.165, 1.54) is 16.7 Å². The third-order valence-corrected chi connectivity index (χ3v) is 6.56.